The van der Waals surface area contributed by atoms with Crippen LogP contribution in [0.5, 0.6) is 0 Å². The maximum atomic E-state index is 13.9. The van der Waals surface area contributed by atoms with E-state index in [0.717, 1.165) is 0 Å². The third kappa shape index (κ3) is 2.90. The molecule has 0 spiro atoms. The van der Waals surface area contributed by atoms with E-state index in [1.54, 1.807) is 19.1 Å². The molecule has 0 aromatic heterocycles. The molecular formula is C10H13BrFNO2Si. The Morgan fingerprint density at radius 3 is 2.75 bits per heavy atom. The predicted molar refractivity (Wildman–Crippen MR) is 66.9 cm³/mol. The smallest absolute Gasteiger partial charge is 0.305 e. The van der Waals surface area contributed by atoms with Crippen LogP contribution in [0.2, 0.25) is 0 Å². The summed E-state index contributed by atoms with van der Waals surface area (Å²) >= 11 is 3.25. The molecule has 0 fully saturated rings. The Hall–Kier alpha value is -0.723. The van der Waals surface area contributed by atoms with Gasteiger partial charge in [-0.3, -0.25) is 4.79 Å². The molecule has 0 saturated carbocycles. The van der Waals surface area contributed by atoms with E-state index in [9.17, 15) is 9.18 Å². The van der Waals surface area contributed by atoms with E-state index >= 15 is 0 Å². The number of hydrogen-bond donors (Lipinski definition) is 2. The summed E-state index contributed by atoms with van der Waals surface area (Å²) in [7, 11) is 0.364. The number of carbonyl (C=O) groups is 1. The van der Waals surface area contributed by atoms with Gasteiger partial charge in [0.1, 0.15) is 5.82 Å². The van der Waals surface area contributed by atoms with Crippen LogP contribution in [0.4, 0.5) is 4.39 Å². The quantitative estimate of drug-likeness (QED) is 0.814. The van der Waals surface area contributed by atoms with Gasteiger partial charge in [-0.1, -0.05) is 15.9 Å². The molecule has 6 heteroatoms. The Balaban J connectivity index is 3.26. The Morgan fingerprint density at radius 2 is 2.25 bits per heavy atom. The van der Waals surface area contributed by atoms with E-state index in [4.69, 9.17) is 10.8 Å². The normalized spacial score (nSPS) is 14.8. The van der Waals surface area contributed by atoms with E-state index < -0.39 is 16.9 Å². The summed E-state index contributed by atoms with van der Waals surface area (Å²) in [6.07, 6.45) is -0.258. The highest BCUT2D eigenvalue weighted by atomic mass is 79.9. The van der Waals surface area contributed by atoms with Crippen LogP contribution in [0.25, 0.3) is 0 Å². The molecule has 3 nitrogen and oxygen atoms in total. The van der Waals surface area contributed by atoms with Crippen LogP contribution in [0.3, 0.4) is 0 Å². The fraction of sp³-hybridized carbons (Fsp3) is 0.300. The van der Waals surface area contributed by atoms with Crippen LogP contribution in [0.1, 0.15) is 17.5 Å². The molecule has 88 valence electrons. The topological polar surface area (TPSA) is 63.3 Å². The molecule has 0 amide bonds. The minimum absolute atomic E-state index is 0.258. The largest absolute Gasteiger partial charge is 0.481 e. The number of aliphatic carboxylic acids is 1. The third-order valence-corrected chi connectivity index (χ3v) is 3.70. The van der Waals surface area contributed by atoms with Crippen molar-refractivity contribution in [2.75, 3.05) is 0 Å². The second-order valence-electron chi connectivity index (χ2n) is 4.07. The maximum absolute atomic E-state index is 13.9. The molecule has 1 aromatic rings. The van der Waals surface area contributed by atoms with Crippen LogP contribution in [-0.2, 0) is 9.96 Å². The Morgan fingerprint density at radius 1 is 1.69 bits per heavy atom. The van der Waals surface area contributed by atoms with Crippen LogP contribution in [0, 0.1) is 12.7 Å². The van der Waals surface area contributed by atoms with Gasteiger partial charge in [-0.2, -0.15) is 0 Å². The summed E-state index contributed by atoms with van der Waals surface area (Å²) in [5.74, 6) is -1.43. The van der Waals surface area contributed by atoms with Gasteiger partial charge < -0.3 is 10.8 Å². The first-order valence-corrected chi connectivity index (χ1v) is 6.50. The van der Waals surface area contributed by atoms with Gasteiger partial charge in [0.15, 0.2) is 0 Å². The van der Waals surface area contributed by atoms with E-state index in [0.29, 0.717) is 20.3 Å². The van der Waals surface area contributed by atoms with Crippen LogP contribution in [-0.4, -0.2) is 21.3 Å². The summed E-state index contributed by atoms with van der Waals surface area (Å²) in [6, 6.07) is 3.19. The van der Waals surface area contributed by atoms with E-state index in [1.165, 1.54) is 0 Å². The molecule has 0 saturated heterocycles. The van der Waals surface area contributed by atoms with Gasteiger partial charge in [-0.25, -0.2) is 4.39 Å². The number of aryl methyl sites for hydroxylation is 1. The summed E-state index contributed by atoms with van der Waals surface area (Å²) < 4.78 is 14.6. The first-order chi connectivity index (χ1) is 7.24. The lowest BCUT2D eigenvalue weighted by Crippen LogP contribution is -2.40. The average molecular weight is 306 g/mol. The van der Waals surface area contributed by atoms with Crippen molar-refractivity contribution in [2.45, 2.75) is 18.5 Å². The highest BCUT2D eigenvalue weighted by Crippen LogP contribution is 2.27. The Bertz CT molecular complexity index is 437. The zero-order valence-corrected chi connectivity index (χ0v) is 12.6. The van der Waals surface area contributed by atoms with Crippen LogP contribution < -0.4 is 5.73 Å². The van der Waals surface area contributed by atoms with Crippen LogP contribution >= 0.6 is 15.9 Å². The molecule has 16 heavy (non-hydrogen) atoms. The number of carboxylic acids is 1. The van der Waals surface area contributed by atoms with Gasteiger partial charge in [-0.15, -0.1) is 0 Å². The van der Waals surface area contributed by atoms with Crippen LogP contribution in [0.15, 0.2) is 16.6 Å². The second-order valence-corrected chi connectivity index (χ2v) is 6.77. The van der Waals surface area contributed by atoms with Gasteiger partial charge in [0.25, 0.3) is 0 Å². The SMILES string of the molecule is Cc1cc(Br)cc([C@@](N)([SiH3])CC(=O)O)c1F. The van der Waals surface area contributed by atoms with Crippen molar-refractivity contribution in [3.8, 4) is 0 Å². The molecule has 1 atom stereocenters. The van der Waals surface area contributed by atoms with Crippen molar-refractivity contribution in [3.63, 3.8) is 0 Å². The minimum Gasteiger partial charge on any atom is -0.481 e. The summed E-state index contributed by atoms with van der Waals surface area (Å²) in [5, 5.41) is 7.67. The van der Waals surface area contributed by atoms with Gasteiger partial charge >= 0.3 is 5.97 Å². The maximum Gasteiger partial charge on any atom is 0.305 e. The highest BCUT2D eigenvalue weighted by Gasteiger charge is 2.28. The lowest BCUT2D eigenvalue weighted by molar-refractivity contribution is -0.137. The molecule has 0 bridgehead atoms. The molecule has 1 rings (SSSR count). The monoisotopic (exact) mass is 305 g/mol. The van der Waals surface area contributed by atoms with Crippen molar-refractivity contribution in [1.29, 1.82) is 0 Å². The molecule has 0 radical (unpaired) electrons. The van der Waals surface area contributed by atoms with Gasteiger partial charge in [-0.05, 0) is 24.6 Å². The molecular weight excluding hydrogens is 293 g/mol. The zero-order valence-electron chi connectivity index (χ0n) is 9.05. The Kier molecular flexibility index (Phi) is 3.87. The molecule has 0 aliphatic rings. The minimum atomic E-state index is -1.08. The van der Waals surface area contributed by atoms with Crippen molar-refractivity contribution in [1.82, 2.24) is 0 Å². The summed E-state index contributed by atoms with van der Waals surface area (Å²) in [5.41, 5.74) is 6.63. The molecule has 0 unspecified atom stereocenters. The molecule has 0 aliphatic heterocycles. The van der Waals surface area contributed by atoms with E-state index in [2.05, 4.69) is 15.9 Å². The van der Waals surface area contributed by atoms with E-state index in [1.807, 2.05) is 0 Å². The fourth-order valence-corrected chi connectivity index (χ4v) is 2.79. The van der Waals surface area contributed by atoms with Crippen molar-refractivity contribution in [3.05, 3.63) is 33.5 Å². The standard InChI is InChI=1S/C10H13BrFNO2Si/c1-5-2-6(11)3-7(9(5)12)10(13,16)4-8(14)15/h2-3H,4,13H2,1,16H3,(H,14,15)/t10-/m0/s1. The highest BCUT2D eigenvalue weighted by molar-refractivity contribution is 9.10. The average Bonchev–Trinajstić information content (AvgIpc) is 2.08. The number of carboxylic acid groups (broad SMARTS) is 1. The summed E-state index contributed by atoms with van der Waals surface area (Å²) in [4.78, 5) is 10.7. The Labute approximate surface area is 104 Å². The van der Waals surface area contributed by atoms with Gasteiger partial charge in [0.2, 0.25) is 0 Å². The molecule has 1 aromatic carbocycles. The second kappa shape index (κ2) is 4.64. The molecule has 0 heterocycles. The zero-order chi connectivity index (χ0) is 12.5. The number of benzene rings is 1. The number of nitrogens with two attached hydrogens (primary N) is 1. The number of hydrogen-bond acceptors (Lipinski definition) is 2. The third-order valence-electron chi connectivity index (χ3n) is 2.35. The van der Waals surface area contributed by atoms with Gasteiger partial charge in [0.05, 0.1) is 6.42 Å². The first-order valence-electron chi connectivity index (χ1n) is 4.71. The lowest BCUT2D eigenvalue weighted by Gasteiger charge is -2.24. The summed E-state index contributed by atoms with van der Waals surface area (Å²) in [6.45, 7) is 1.63. The predicted octanol–water partition coefficient (Wildman–Crippen LogP) is 0.848. The first kappa shape index (κ1) is 13.3. The lowest BCUT2D eigenvalue weighted by atomic mass is 10.0. The number of rotatable bonds is 3. The van der Waals surface area contributed by atoms with Crippen molar-refractivity contribution in [2.24, 2.45) is 5.73 Å². The fourth-order valence-electron chi connectivity index (χ4n) is 1.55. The van der Waals surface area contributed by atoms with E-state index in [-0.39, 0.29) is 12.0 Å². The van der Waals surface area contributed by atoms with Gasteiger partial charge in [0, 0.05) is 25.4 Å². The van der Waals surface area contributed by atoms with Crippen molar-refractivity contribution < 1.29 is 14.3 Å². The molecule has 3 N–H and O–H groups in total. The number of halogens is 2. The molecule has 0 aliphatic carbocycles. The van der Waals surface area contributed by atoms with Crippen molar-refractivity contribution >= 4 is 32.1 Å².